The van der Waals surface area contributed by atoms with Gasteiger partial charge in [0.05, 0.1) is 0 Å². The summed E-state index contributed by atoms with van der Waals surface area (Å²) in [6.07, 6.45) is 2.71. The fourth-order valence-corrected chi connectivity index (χ4v) is 5.79. The highest BCUT2D eigenvalue weighted by Crippen LogP contribution is 2.43. The smallest absolute Gasteiger partial charge is 0.493 e. The van der Waals surface area contributed by atoms with Gasteiger partial charge in [-0.1, -0.05) is 0 Å². The summed E-state index contributed by atoms with van der Waals surface area (Å²) in [5, 5.41) is 10.1. The predicted molar refractivity (Wildman–Crippen MR) is 137 cm³/mol. The zero-order valence-corrected chi connectivity index (χ0v) is 21.4. The number of likely N-dealkylation sites (tertiary alicyclic amines) is 2. The van der Waals surface area contributed by atoms with E-state index in [1.54, 1.807) is 6.07 Å². The Bertz CT molecular complexity index is 1340. The van der Waals surface area contributed by atoms with E-state index in [-0.39, 0.29) is 23.6 Å². The normalized spacial score (nSPS) is 19.0. The molecule has 11 heteroatoms. The molecule has 2 saturated heterocycles. The molecule has 0 bridgehead atoms. The Morgan fingerprint density at radius 2 is 1.62 bits per heavy atom. The van der Waals surface area contributed by atoms with E-state index in [9.17, 15) is 23.1 Å². The monoisotopic (exact) mass is 541 g/mol. The van der Waals surface area contributed by atoms with E-state index >= 15 is 0 Å². The van der Waals surface area contributed by atoms with E-state index in [2.05, 4.69) is 14.6 Å². The SMILES string of the molecule is O=C(c1c(-c2ccnc(O)c2)nc(-c2ccc(OC(F)(F)F)cc2)n1C1CC1)N1CCC(N2CCCC2)CC1. The molecule has 1 N–H and O–H groups in total. The molecule has 8 nitrogen and oxygen atoms in total. The van der Waals surface area contributed by atoms with Gasteiger partial charge in [-0.05, 0) is 81.9 Å². The van der Waals surface area contributed by atoms with Crippen LogP contribution < -0.4 is 4.74 Å². The van der Waals surface area contributed by atoms with Crippen molar-refractivity contribution in [3.8, 4) is 34.3 Å². The van der Waals surface area contributed by atoms with Crippen molar-refractivity contribution in [2.45, 2.75) is 57.0 Å². The number of hydrogen-bond acceptors (Lipinski definition) is 6. The number of benzene rings is 1. The van der Waals surface area contributed by atoms with Crippen LogP contribution in [0.5, 0.6) is 11.6 Å². The van der Waals surface area contributed by atoms with Crippen LogP contribution in [0.3, 0.4) is 0 Å². The van der Waals surface area contributed by atoms with Crippen LogP contribution in [0.25, 0.3) is 22.6 Å². The number of pyridine rings is 1. The molecular weight excluding hydrogens is 511 g/mol. The maximum absolute atomic E-state index is 14.1. The number of piperidine rings is 1. The first-order valence-electron chi connectivity index (χ1n) is 13.4. The maximum Gasteiger partial charge on any atom is 0.573 e. The van der Waals surface area contributed by atoms with Crippen molar-refractivity contribution in [3.05, 3.63) is 48.3 Å². The minimum absolute atomic E-state index is 0.0591. The second-order valence-electron chi connectivity index (χ2n) is 10.5. The Kier molecular flexibility index (Phi) is 6.70. The van der Waals surface area contributed by atoms with Crippen LogP contribution in [0.2, 0.25) is 0 Å². The topological polar surface area (TPSA) is 83.7 Å². The molecule has 2 aliphatic heterocycles. The van der Waals surface area contributed by atoms with Gasteiger partial charge in [-0.2, -0.15) is 0 Å². The second kappa shape index (κ2) is 10.2. The molecule has 1 aliphatic carbocycles. The summed E-state index contributed by atoms with van der Waals surface area (Å²) in [5.74, 6) is -0.137. The van der Waals surface area contributed by atoms with Crippen LogP contribution >= 0.6 is 0 Å². The molecule has 1 amide bonds. The molecule has 3 fully saturated rings. The van der Waals surface area contributed by atoms with E-state index in [0.717, 1.165) is 38.8 Å². The van der Waals surface area contributed by atoms with E-state index in [4.69, 9.17) is 4.98 Å². The lowest BCUT2D eigenvalue weighted by Gasteiger charge is -2.36. The highest BCUT2D eigenvalue weighted by Gasteiger charge is 2.37. The highest BCUT2D eigenvalue weighted by molar-refractivity contribution is 6.00. The number of carbonyl (C=O) groups is 1. The van der Waals surface area contributed by atoms with Crippen molar-refractivity contribution in [3.63, 3.8) is 0 Å². The number of carbonyl (C=O) groups excluding carboxylic acids is 1. The van der Waals surface area contributed by atoms with Crippen LogP contribution in [0, 0.1) is 0 Å². The first-order valence-corrected chi connectivity index (χ1v) is 13.4. The summed E-state index contributed by atoms with van der Waals surface area (Å²) in [6.45, 7) is 3.54. The molecule has 0 unspecified atom stereocenters. The third-order valence-electron chi connectivity index (χ3n) is 7.80. The maximum atomic E-state index is 14.1. The third kappa shape index (κ3) is 5.45. The molecule has 3 aliphatic rings. The van der Waals surface area contributed by atoms with Crippen molar-refractivity contribution < 1.29 is 27.8 Å². The van der Waals surface area contributed by atoms with Crippen LogP contribution in [0.1, 0.15) is 55.1 Å². The first kappa shape index (κ1) is 25.7. The van der Waals surface area contributed by atoms with Gasteiger partial charge in [0.1, 0.15) is 23.0 Å². The van der Waals surface area contributed by atoms with Crippen LogP contribution in [0.4, 0.5) is 13.2 Å². The molecule has 0 radical (unpaired) electrons. The van der Waals surface area contributed by atoms with Crippen LogP contribution in [-0.4, -0.2) is 73.9 Å². The molecule has 206 valence electrons. The summed E-state index contributed by atoms with van der Waals surface area (Å²) >= 11 is 0. The van der Waals surface area contributed by atoms with Gasteiger partial charge in [-0.3, -0.25) is 4.79 Å². The minimum Gasteiger partial charge on any atom is -0.493 e. The summed E-state index contributed by atoms with van der Waals surface area (Å²) in [7, 11) is 0. The number of ether oxygens (including phenoxy) is 1. The predicted octanol–water partition coefficient (Wildman–Crippen LogP) is 5.25. The highest BCUT2D eigenvalue weighted by atomic mass is 19.4. The Morgan fingerprint density at radius 3 is 2.23 bits per heavy atom. The van der Waals surface area contributed by atoms with Gasteiger partial charge in [0.25, 0.3) is 5.91 Å². The quantitative estimate of drug-likeness (QED) is 0.459. The third-order valence-corrected chi connectivity index (χ3v) is 7.80. The van der Waals surface area contributed by atoms with Gasteiger partial charge >= 0.3 is 6.36 Å². The number of imidazole rings is 1. The summed E-state index contributed by atoms with van der Waals surface area (Å²) in [4.78, 5) is 27.3. The van der Waals surface area contributed by atoms with Gasteiger partial charge < -0.3 is 24.2 Å². The van der Waals surface area contributed by atoms with Crippen molar-refractivity contribution in [2.24, 2.45) is 0 Å². The number of aromatic nitrogens is 3. The number of aromatic hydroxyl groups is 1. The Labute approximate surface area is 224 Å². The number of rotatable bonds is 6. The fraction of sp³-hybridized carbons (Fsp3) is 0.464. The van der Waals surface area contributed by atoms with Crippen molar-refractivity contribution in [1.29, 1.82) is 0 Å². The molecule has 39 heavy (non-hydrogen) atoms. The van der Waals surface area contributed by atoms with E-state index in [0.29, 0.717) is 47.5 Å². The van der Waals surface area contributed by atoms with Gasteiger partial charge in [0.2, 0.25) is 5.88 Å². The van der Waals surface area contributed by atoms with Crippen molar-refractivity contribution in [2.75, 3.05) is 26.2 Å². The van der Waals surface area contributed by atoms with E-state index in [1.165, 1.54) is 49.4 Å². The van der Waals surface area contributed by atoms with E-state index in [1.807, 2.05) is 9.47 Å². The molecule has 1 saturated carbocycles. The average Bonchev–Trinajstić information content (AvgIpc) is 3.44. The molecule has 1 aromatic carbocycles. The zero-order valence-electron chi connectivity index (χ0n) is 21.4. The summed E-state index contributed by atoms with van der Waals surface area (Å²) < 4.78 is 44.0. The number of amides is 1. The number of halogens is 3. The lowest BCUT2D eigenvalue weighted by molar-refractivity contribution is -0.274. The Morgan fingerprint density at radius 1 is 0.923 bits per heavy atom. The zero-order chi connectivity index (χ0) is 27.1. The van der Waals surface area contributed by atoms with Crippen molar-refractivity contribution >= 4 is 5.91 Å². The Balaban J connectivity index is 1.37. The summed E-state index contributed by atoms with van der Waals surface area (Å²) in [5.41, 5.74) is 1.99. The number of alkyl halides is 3. The first-order chi connectivity index (χ1) is 18.8. The van der Waals surface area contributed by atoms with Gasteiger partial charge in [-0.15, -0.1) is 13.2 Å². The minimum atomic E-state index is -4.79. The fourth-order valence-electron chi connectivity index (χ4n) is 5.79. The van der Waals surface area contributed by atoms with Gasteiger partial charge in [0, 0.05) is 48.6 Å². The lowest BCUT2D eigenvalue weighted by atomic mass is 10.0. The molecule has 6 rings (SSSR count). The molecule has 2 aromatic heterocycles. The van der Waals surface area contributed by atoms with Crippen molar-refractivity contribution in [1.82, 2.24) is 24.3 Å². The molecule has 4 heterocycles. The second-order valence-corrected chi connectivity index (χ2v) is 10.5. The van der Waals surface area contributed by atoms with Crippen LogP contribution in [-0.2, 0) is 0 Å². The number of nitrogens with zero attached hydrogens (tertiary/aromatic N) is 5. The van der Waals surface area contributed by atoms with Gasteiger partial charge in [0.15, 0.2) is 0 Å². The average molecular weight is 542 g/mol. The number of hydrogen-bond donors (Lipinski definition) is 1. The van der Waals surface area contributed by atoms with Gasteiger partial charge in [-0.25, -0.2) is 9.97 Å². The molecule has 3 aromatic rings. The standard InChI is InChI=1S/C28H30F3N5O3/c29-28(30,31)39-22-7-3-18(4-8-22)26-33-24(19-9-12-32-23(37)17-19)25(36(26)21-5-6-21)27(38)35-15-10-20(11-16-35)34-13-1-2-14-34/h3-4,7-9,12,17,20-21H,1-2,5-6,10-11,13-16H2,(H,32,37). The van der Waals surface area contributed by atoms with E-state index < -0.39 is 6.36 Å². The summed E-state index contributed by atoms with van der Waals surface area (Å²) in [6, 6.07) is 9.25. The Hall–Kier alpha value is -3.60. The van der Waals surface area contributed by atoms with Crippen LogP contribution in [0.15, 0.2) is 42.6 Å². The largest absolute Gasteiger partial charge is 0.573 e. The molecule has 0 atom stereocenters. The molecule has 0 spiro atoms. The molecular formula is C28H30F3N5O3. The lowest BCUT2D eigenvalue weighted by Crippen LogP contribution is -2.46.